The first-order valence-corrected chi connectivity index (χ1v) is 3.95. The molecule has 66 valence electrons. The molecular formula is C5H11NO4S. The lowest BCUT2D eigenvalue weighted by Crippen LogP contribution is -2.31. The second-order valence-electron chi connectivity index (χ2n) is 2.70. The maximum Gasteiger partial charge on any atom is 0.302 e. The molecule has 6 heteroatoms. The van der Waals surface area contributed by atoms with Crippen LogP contribution >= 0.6 is 0 Å². The molecule has 1 unspecified atom stereocenters. The van der Waals surface area contributed by atoms with Gasteiger partial charge in [-0.2, -0.15) is 4.21 Å². The molecule has 0 heterocycles. The number of hydrogen-bond acceptors (Lipinski definition) is 3. The molecule has 0 bridgehead atoms. The van der Waals surface area contributed by atoms with Crippen LogP contribution in [0.1, 0.15) is 20.3 Å². The minimum absolute atomic E-state index is 0.0840. The predicted octanol–water partition coefficient (Wildman–Crippen LogP) is -0.206. The number of carbonyl (C=O) groups excluding carboxylic acids is 1. The van der Waals surface area contributed by atoms with Crippen LogP contribution in [-0.2, 0) is 20.3 Å². The lowest BCUT2D eigenvalue weighted by Gasteiger charge is -2.19. The molecule has 1 amide bonds. The van der Waals surface area contributed by atoms with Gasteiger partial charge in [-0.15, -0.1) is 0 Å². The summed E-state index contributed by atoms with van der Waals surface area (Å²) in [4.78, 5) is 10.4. The smallest absolute Gasteiger partial charge is 0.302 e. The number of amides is 1. The Morgan fingerprint density at radius 2 is 2.18 bits per heavy atom. The molecule has 0 aliphatic rings. The highest BCUT2D eigenvalue weighted by Crippen LogP contribution is 2.14. The SMILES string of the molecule is CC(C)(CC(N)=O)OS(=O)O. The van der Waals surface area contributed by atoms with E-state index in [0.717, 1.165) is 0 Å². The Morgan fingerprint density at radius 3 is 2.45 bits per heavy atom. The quantitative estimate of drug-likeness (QED) is 0.587. The maximum atomic E-state index is 10.4. The topological polar surface area (TPSA) is 89.6 Å². The number of hydrogen-bond donors (Lipinski definition) is 2. The van der Waals surface area contributed by atoms with Crippen molar-refractivity contribution < 1.29 is 17.7 Å². The van der Waals surface area contributed by atoms with E-state index in [0.29, 0.717) is 0 Å². The van der Waals surface area contributed by atoms with E-state index in [4.69, 9.17) is 10.3 Å². The Bertz CT molecular complexity index is 161. The number of rotatable bonds is 4. The molecule has 5 nitrogen and oxygen atoms in total. The summed E-state index contributed by atoms with van der Waals surface area (Å²) in [6, 6.07) is 0. The van der Waals surface area contributed by atoms with E-state index in [1.807, 2.05) is 0 Å². The number of nitrogens with two attached hydrogens (primary N) is 1. The van der Waals surface area contributed by atoms with Crippen LogP contribution in [0, 0.1) is 0 Å². The Morgan fingerprint density at radius 1 is 1.73 bits per heavy atom. The van der Waals surface area contributed by atoms with Gasteiger partial charge in [-0.05, 0) is 13.8 Å². The molecule has 11 heavy (non-hydrogen) atoms. The second-order valence-corrected chi connectivity index (χ2v) is 3.30. The fourth-order valence-electron chi connectivity index (χ4n) is 0.642. The van der Waals surface area contributed by atoms with Gasteiger partial charge in [-0.3, -0.25) is 13.5 Å². The normalized spacial score (nSPS) is 14.5. The first kappa shape index (κ1) is 10.5. The highest BCUT2D eigenvalue weighted by atomic mass is 32.2. The third-order valence-electron chi connectivity index (χ3n) is 0.897. The van der Waals surface area contributed by atoms with Gasteiger partial charge in [0.05, 0.1) is 12.0 Å². The minimum Gasteiger partial charge on any atom is -0.370 e. The van der Waals surface area contributed by atoms with Crippen LogP contribution < -0.4 is 5.73 Å². The number of carbonyl (C=O) groups is 1. The molecule has 0 saturated heterocycles. The van der Waals surface area contributed by atoms with E-state index in [9.17, 15) is 9.00 Å². The summed E-state index contributed by atoms with van der Waals surface area (Å²) in [5, 5.41) is 0. The highest BCUT2D eigenvalue weighted by Gasteiger charge is 2.23. The van der Waals surface area contributed by atoms with Crippen LogP contribution in [-0.4, -0.2) is 20.3 Å². The van der Waals surface area contributed by atoms with Gasteiger partial charge in [0.15, 0.2) is 0 Å². The van der Waals surface area contributed by atoms with Gasteiger partial charge >= 0.3 is 11.4 Å². The summed E-state index contributed by atoms with van der Waals surface area (Å²) in [7, 11) is 0. The molecule has 0 aromatic heterocycles. The average Bonchev–Trinajstić information content (AvgIpc) is 1.53. The summed E-state index contributed by atoms with van der Waals surface area (Å²) in [5.74, 6) is -0.569. The van der Waals surface area contributed by atoms with Crippen molar-refractivity contribution in [3.05, 3.63) is 0 Å². The zero-order chi connectivity index (χ0) is 9.07. The first-order valence-electron chi connectivity index (χ1n) is 2.92. The summed E-state index contributed by atoms with van der Waals surface area (Å²) < 4.78 is 22.9. The predicted molar refractivity (Wildman–Crippen MR) is 39.7 cm³/mol. The van der Waals surface area contributed by atoms with Crippen LogP contribution in [0.3, 0.4) is 0 Å². The van der Waals surface area contributed by atoms with Gasteiger partial charge in [0.25, 0.3) is 0 Å². The van der Waals surface area contributed by atoms with Crippen molar-refractivity contribution >= 4 is 17.3 Å². The lowest BCUT2D eigenvalue weighted by molar-refractivity contribution is -0.121. The van der Waals surface area contributed by atoms with Crippen LogP contribution in [0.5, 0.6) is 0 Å². The second kappa shape index (κ2) is 3.80. The third kappa shape index (κ3) is 5.96. The van der Waals surface area contributed by atoms with Crippen molar-refractivity contribution in [2.45, 2.75) is 25.9 Å². The van der Waals surface area contributed by atoms with E-state index in [-0.39, 0.29) is 6.42 Å². The van der Waals surface area contributed by atoms with Crippen molar-refractivity contribution in [2.24, 2.45) is 5.73 Å². The molecule has 0 radical (unpaired) electrons. The van der Waals surface area contributed by atoms with Crippen LogP contribution in [0.2, 0.25) is 0 Å². The standard InChI is InChI=1S/C5H11NO4S/c1-5(2,3-4(6)7)10-11(8)9/h3H2,1-2H3,(H2,6,7)(H,8,9). The number of primary amides is 1. The van der Waals surface area contributed by atoms with Gasteiger partial charge < -0.3 is 5.73 Å². The Labute approximate surface area is 67.4 Å². The van der Waals surface area contributed by atoms with Gasteiger partial charge in [-0.25, -0.2) is 0 Å². The molecule has 0 rings (SSSR count). The summed E-state index contributed by atoms with van der Waals surface area (Å²) in [6.45, 7) is 3.01. The molecule has 0 aromatic carbocycles. The van der Waals surface area contributed by atoms with Crippen LogP contribution in [0.4, 0.5) is 0 Å². The molecule has 1 atom stereocenters. The molecule has 0 saturated carbocycles. The lowest BCUT2D eigenvalue weighted by atomic mass is 10.1. The first-order chi connectivity index (χ1) is 4.83. The van der Waals surface area contributed by atoms with Gasteiger partial charge in [0.1, 0.15) is 0 Å². The molecule has 0 spiro atoms. The van der Waals surface area contributed by atoms with Gasteiger partial charge in [-0.1, -0.05) is 0 Å². The summed E-state index contributed by atoms with van der Waals surface area (Å²) >= 11 is -2.36. The Hall–Kier alpha value is -0.460. The highest BCUT2D eigenvalue weighted by molar-refractivity contribution is 7.74. The van der Waals surface area contributed by atoms with E-state index in [1.165, 1.54) is 13.8 Å². The zero-order valence-electron chi connectivity index (χ0n) is 6.36. The van der Waals surface area contributed by atoms with Gasteiger partial charge in [0, 0.05) is 0 Å². The van der Waals surface area contributed by atoms with E-state index in [1.54, 1.807) is 0 Å². The molecular weight excluding hydrogens is 170 g/mol. The molecule has 0 fully saturated rings. The van der Waals surface area contributed by atoms with E-state index in [2.05, 4.69) is 4.18 Å². The summed E-state index contributed by atoms with van der Waals surface area (Å²) in [6.07, 6.45) is -0.0840. The van der Waals surface area contributed by atoms with Crippen molar-refractivity contribution in [3.8, 4) is 0 Å². The maximum absolute atomic E-state index is 10.4. The van der Waals surface area contributed by atoms with Crippen molar-refractivity contribution in [2.75, 3.05) is 0 Å². The minimum atomic E-state index is -2.36. The van der Waals surface area contributed by atoms with E-state index >= 15 is 0 Å². The van der Waals surface area contributed by atoms with Crippen LogP contribution in [0.15, 0.2) is 0 Å². The molecule has 0 aliphatic carbocycles. The molecule has 0 aromatic rings. The van der Waals surface area contributed by atoms with Crippen LogP contribution in [0.25, 0.3) is 0 Å². The molecule has 3 N–H and O–H groups in total. The Balaban J connectivity index is 3.99. The zero-order valence-corrected chi connectivity index (χ0v) is 7.18. The Kier molecular flexibility index (Phi) is 3.64. The molecule has 0 aliphatic heterocycles. The van der Waals surface area contributed by atoms with Crippen molar-refractivity contribution in [3.63, 3.8) is 0 Å². The van der Waals surface area contributed by atoms with Crippen molar-refractivity contribution in [1.29, 1.82) is 0 Å². The van der Waals surface area contributed by atoms with E-state index < -0.39 is 22.9 Å². The van der Waals surface area contributed by atoms with Gasteiger partial charge in [0.2, 0.25) is 5.91 Å². The van der Waals surface area contributed by atoms with Crippen molar-refractivity contribution in [1.82, 2.24) is 0 Å². The monoisotopic (exact) mass is 181 g/mol. The fraction of sp³-hybridized carbons (Fsp3) is 0.800. The third-order valence-corrected chi connectivity index (χ3v) is 1.49. The largest absolute Gasteiger partial charge is 0.370 e. The fourth-order valence-corrected chi connectivity index (χ4v) is 1.09. The summed E-state index contributed by atoms with van der Waals surface area (Å²) in [5.41, 5.74) is 3.87. The average molecular weight is 181 g/mol.